The number of nitrogens with one attached hydrogen (secondary N) is 1. The first-order chi connectivity index (χ1) is 8.84. The van der Waals surface area contributed by atoms with E-state index in [1.165, 1.54) is 12.8 Å². The van der Waals surface area contributed by atoms with Crippen molar-refractivity contribution in [2.75, 3.05) is 25.0 Å². The fraction of sp³-hybridized carbons (Fsp3) is 0.462. The molecule has 1 fully saturated rings. The summed E-state index contributed by atoms with van der Waals surface area (Å²) >= 11 is 0. The first-order valence-corrected chi connectivity index (χ1v) is 6.36. The largest absolute Gasteiger partial charge is 0.355 e. The van der Waals surface area contributed by atoms with Crippen molar-refractivity contribution in [2.24, 2.45) is 0 Å². The van der Waals surface area contributed by atoms with Crippen LogP contribution in [0.4, 0.5) is 5.82 Å². The van der Waals surface area contributed by atoms with Gasteiger partial charge in [0.05, 0.1) is 0 Å². The van der Waals surface area contributed by atoms with E-state index in [2.05, 4.69) is 32.2 Å². The van der Waals surface area contributed by atoms with Gasteiger partial charge in [0.1, 0.15) is 11.3 Å². The molecule has 1 N–H and O–H groups in total. The van der Waals surface area contributed by atoms with Crippen LogP contribution in [0.1, 0.15) is 12.8 Å². The summed E-state index contributed by atoms with van der Waals surface area (Å²) in [5.41, 5.74) is 1.56. The molecule has 1 saturated heterocycles. The van der Waals surface area contributed by atoms with Crippen molar-refractivity contribution in [3.63, 3.8) is 0 Å². The fourth-order valence-corrected chi connectivity index (χ4v) is 2.39. The molecule has 0 amide bonds. The highest BCUT2D eigenvalue weighted by atomic mass is 15.2. The van der Waals surface area contributed by atoms with Crippen molar-refractivity contribution >= 4 is 17.0 Å². The van der Waals surface area contributed by atoms with Crippen molar-refractivity contribution < 1.29 is 0 Å². The molecule has 0 aromatic carbocycles. The van der Waals surface area contributed by atoms with Gasteiger partial charge in [-0.15, -0.1) is 0 Å². The number of hydrogen-bond donors (Lipinski definition) is 1. The Morgan fingerprint density at radius 3 is 3.00 bits per heavy atom. The molecular formula is C13H17N5. The van der Waals surface area contributed by atoms with E-state index in [0.29, 0.717) is 11.7 Å². The number of anilines is 1. The van der Waals surface area contributed by atoms with E-state index in [1.54, 1.807) is 12.4 Å². The Morgan fingerprint density at radius 2 is 2.17 bits per heavy atom. The first-order valence-electron chi connectivity index (χ1n) is 6.36. The Balaban J connectivity index is 1.88. The highest BCUT2D eigenvalue weighted by Gasteiger charge is 2.19. The molecule has 1 unspecified atom stereocenters. The predicted octanol–water partition coefficient (Wildman–Crippen LogP) is 1.21. The topological polar surface area (TPSA) is 53.9 Å². The van der Waals surface area contributed by atoms with Crippen LogP contribution in [0.15, 0.2) is 24.5 Å². The van der Waals surface area contributed by atoms with Crippen molar-refractivity contribution in [1.29, 1.82) is 0 Å². The summed E-state index contributed by atoms with van der Waals surface area (Å²) in [6.45, 7) is 2.15. The van der Waals surface area contributed by atoms with Gasteiger partial charge in [-0.1, -0.05) is 0 Å². The van der Waals surface area contributed by atoms with E-state index in [9.17, 15) is 0 Å². The normalized spacial score (nSPS) is 19.9. The summed E-state index contributed by atoms with van der Waals surface area (Å²) < 4.78 is 0. The average Bonchev–Trinajstić information content (AvgIpc) is 2.47. The quantitative estimate of drug-likeness (QED) is 0.859. The molecule has 3 rings (SSSR count). The van der Waals surface area contributed by atoms with Gasteiger partial charge in [0, 0.05) is 32.0 Å². The molecule has 1 aliphatic rings. The molecule has 0 bridgehead atoms. The Labute approximate surface area is 106 Å². The molecule has 3 heterocycles. The van der Waals surface area contributed by atoms with Gasteiger partial charge in [-0.2, -0.15) is 0 Å². The second kappa shape index (κ2) is 4.86. The molecule has 94 valence electrons. The van der Waals surface area contributed by atoms with Crippen LogP contribution in [0.2, 0.25) is 0 Å². The molecule has 5 nitrogen and oxygen atoms in total. The van der Waals surface area contributed by atoms with Gasteiger partial charge in [-0.05, 0) is 31.5 Å². The summed E-state index contributed by atoms with van der Waals surface area (Å²) in [5, 5.41) is 3.43. The minimum atomic E-state index is 0.514. The van der Waals surface area contributed by atoms with Crippen LogP contribution in [0, 0.1) is 0 Å². The Hall–Kier alpha value is -1.75. The smallest absolute Gasteiger partial charge is 0.180 e. The number of piperidine rings is 1. The number of nitrogens with zero attached hydrogens (tertiary/aromatic N) is 4. The number of aromatic nitrogens is 3. The lowest BCUT2D eigenvalue weighted by Crippen LogP contribution is -2.44. The number of likely N-dealkylation sites (N-methyl/N-ethyl adjacent to an activating group) is 1. The number of fused-ring (bicyclic) bond motifs is 1. The van der Waals surface area contributed by atoms with E-state index in [4.69, 9.17) is 0 Å². The summed E-state index contributed by atoms with van der Waals surface area (Å²) in [7, 11) is 2.10. The molecule has 5 heteroatoms. The summed E-state index contributed by atoms with van der Waals surface area (Å²) in [4.78, 5) is 15.3. The first kappa shape index (κ1) is 11.3. The van der Waals surface area contributed by atoms with Crippen LogP contribution in [-0.2, 0) is 0 Å². The Morgan fingerprint density at radius 1 is 1.28 bits per heavy atom. The molecule has 0 aliphatic carbocycles. The zero-order valence-corrected chi connectivity index (χ0v) is 10.5. The fourth-order valence-electron chi connectivity index (χ4n) is 2.39. The van der Waals surface area contributed by atoms with Gasteiger partial charge in [-0.25, -0.2) is 9.97 Å². The Kier molecular flexibility index (Phi) is 3.06. The monoisotopic (exact) mass is 243 g/mol. The number of rotatable bonds is 2. The van der Waals surface area contributed by atoms with Crippen molar-refractivity contribution in [1.82, 2.24) is 20.3 Å². The van der Waals surface area contributed by atoms with Crippen LogP contribution < -0.4 is 10.2 Å². The van der Waals surface area contributed by atoms with Gasteiger partial charge in [-0.3, -0.25) is 4.98 Å². The van der Waals surface area contributed by atoms with Gasteiger partial charge in [0.25, 0.3) is 0 Å². The van der Waals surface area contributed by atoms with Gasteiger partial charge in [0.15, 0.2) is 5.65 Å². The van der Waals surface area contributed by atoms with Crippen LogP contribution in [-0.4, -0.2) is 41.1 Å². The zero-order valence-electron chi connectivity index (χ0n) is 10.5. The van der Waals surface area contributed by atoms with Crippen molar-refractivity contribution in [2.45, 2.75) is 18.9 Å². The lowest BCUT2D eigenvalue weighted by Gasteiger charge is -2.32. The second-order valence-electron chi connectivity index (χ2n) is 4.68. The maximum absolute atomic E-state index is 4.57. The van der Waals surface area contributed by atoms with Crippen LogP contribution >= 0.6 is 0 Å². The summed E-state index contributed by atoms with van der Waals surface area (Å²) in [6.07, 6.45) is 5.81. The molecule has 2 aromatic rings. The van der Waals surface area contributed by atoms with E-state index >= 15 is 0 Å². The van der Waals surface area contributed by atoms with E-state index in [-0.39, 0.29) is 0 Å². The number of pyridine rings is 1. The Bertz CT molecular complexity index is 536. The third kappa shape index (κ3) is 2.13. The van der Waals surface area contributed by atoms with Gasteiger partial charge >= 0.3 is 0 Å². The molecule has 0 saturated carbocycles. The summed E-state index contributed by atoms with van der Waals surface area (Å²) in [5.74, 6) is 0.969. The summed E-state index contributed by atoms with van der Waals surface area (Å²) in [6, 6.07) is 4.52. The van der Waals surface area contributed by atoms with Crippen LogP contribution in [0.5, 0.6) is 0 Å². The molecule has 2 aromatic heterocycles. The van der Waals surface area contributed by atoms with Crippen molar-refractivity contribution in [3.8, 4) is 0 Å². The highest BCUT2D eigenvalue weighted by molar-refractivity contribution is 5.71. The zero-order chi connectivity index (χ0) is 12.4. The van der Waals surface area contributed by atoms with E-state index in [1.807, 2.05) is 12.1 Å². The molecule has 18 heavy (non-hydrogen) atoms. The molecular weight excluding hydrogens is 226 g/mol. The standard InChI is InChI=1S/C13H17N5/c1-18(10-3-2-6-14-9-10)12-5-4-11-13(17-12)16-8-7-15-11/h4-5,7-8,10,14H,2-3,6,9H2,1H3. The van der Waals surface area contributed by atoms with Crippen LogP contribution in [0.25, 0.3) is 11.2 Å². The maximum Gasteiger partial charge on any atom is 0.180 e. The molecule has 1 atom stereocenters. The molecule has 1 aliphatic heterocycles. The minimum absolute atomic E-state index is 0.514. The van der Waals surface area contributed by atoms with Crippen molar-refractivity contribution in [3.05, 3.63) is 24.5 Å². The predicted molar refractivity (Wildman–Crippen MR) is 71.6 cm³/mol. The third-order valence-corrected chi connectivity index (χ3v) is 3.50. The second-order valence-corrected chi connectivity index (χ2v) is 4.68. The van der Waals surface area contributed by atoms with Gasteiger partial charge < -0.3 is 10.2 Å². The molecule has 0 radical (unpaired) electrons. The van der Waals surface area contributed by atoms with Gasteiger partial charge in [0.2, 0.25) is 0 Å². The maximum atomic E-state index is 4.57. The number of hydrogen-bond acceptors (Lipinski definition) is 5. The van der Waals surface area contributed by atoms with Crippen LogP contribution in [0.3, 0.4) is 0 Å². The van der Waals surface area contributed by atoms with E-state index < -0.39 is 0 Å². The lowest BCUT2D eigenvalue weighted by atomic mass is 10.1. The molecule has 0 spiro atoms. The minimum Gasteiger partial charge on any atom is -0.355 e. The highest BCUT2D eigenvalue weighted by Crippen LogP contribution is 2.18. The van der Waals surface area contributed by atoms with E-state index in [0.717, 1.165) is 24.4 Å². The lowest BCUT2D eigenvalue weighted by molar-refractivity contribution is 0.443. The average molecular weight is 243 g/mol. The SMILES string of the molecule is CN(c1ccc2nccnc2n1)C1CCCNC1. The third-order valence-electron chi connectivity index (χ3n) is 3.50.